The van der Waals surface area contributed by atoms with Crippen LogP contribution in [0.2, 0.25) is 0 Å². The van der Waals surface area contributed by atoms with E-state index in [4.69, 9.17) is 0 Å². The molecule has 0 aliphatic carbocycles. The Labute approximate surface area is 142 Å². The van der Waals surface area contributed by atoms with Gasteiger partial charge in [-0.1, -0.05) is 41.9 Å². The summed E-state index contributed by atoms with van der Waals surface area (Å²) in [7, 11) is 0. The Kier molecular flexibility index (Phi) is 7.58. The van der Waals surface area contributed by atoms with Crippen LogP contribution in [0.4, 0.5) is 0 Å². The molecule has 2 nitrogen and oxygen atoms in total. The van der Waals surface area contributed by atoms with Gasteiger partial charge in [-0.15, -0.1) is 0 Å². The monoisotopic (exact) mass is 370 g/mol. The van der Waals surface area contributed by atoms with Gasteiger partial charge in [0.15, 0.2) is 0 Å². The normalized spacial score (nSPS) is 19.9. The number of nitrogens with zero attached hydrogens (tertiary/aromatic N) is 1. The first kappa shape index (κ1) is 17.3. The van der Waals surface area contributed by atoms with E-state index >= 15 is 0 Å². The first-order valence-electron chi connectivity index (χ1n) is 8.05. The molecule has 0 bridgehead atoms. The molecular weight excluding hydrogens is 344 g/mol. The molecule has 1 N–H and O–H groups in total. The van der Waals surface area contributed by atoms with Gasteiger partial charge in [-0.3, -0.25) is 4.90 Å². The molecule has 4 heteroatoms. The van der Waals surface area contributed by atoms with E-state index in [0.29, 0.717) is 0 Å². The lowest BCUT2D eigenvalue weighted by Gasteiger charge is -2.32. The molecule has 0 spiro atoms. The number of nitrogens with one attached hydrogen (secondary N) is 1. The molecule has 0 saturated carbocycles. The minimum Gasteiger partial charge on any atom is -0.313 e. The van der Waals surface area contributed by atoms with Crippen LogP contribution in [0.15, 0.2) is 22.7 Å². The van der Waals surface area contributed by atoms with Crippen LogP contribution in [0.25, 0.3) is 0 Å². The van der Waals surface area contributed by atoms with Crippen LogP contribution in [0, 0.1) is 0 Å². The number of rotatable bonds is 7. The maximum Gasteiger partial charge on any atom is 0.0245 e. The van der Waals surface area contributed by atoms with Crippen LogP contribution in [0.3, 0.4) is 0 Å². The van der Waals surface area contributed by atoms with E-state index in [-0.39, 0.29) is 0 Å². The van der Waals surface area contributed by atoms with E-state index < -0.39 is 0 Å². The van der Waals surface area contributed by atoms with Crippen LogP contribution >= 0.6 is 27.7 Å². The predicted octanol–water partition coefficient (Wildman–Crippen LogP) is 4.28. The molecule has 1 atom stereocenters. The zero-order valence-corrected chi connectivity index (χ0v) is 15.6. The van der Waals surface area contributed by atoms with Gasteiger partial charge in [-0.25, -0.2) is 0 Å². The highest BCUT2D eigenvalue weighted by Gasteiger charge is 2.19. The largest absolute Gasteiger partial charge is 0.313 e. The molecule has 1 aromatic carbocycles. The molecule has 21 heavy (non-hydrogen) atoms. The fourth-order valence-electron chi connectivity index (χ4n) is 2.65. The highest BCUT2D eigenvalue weighted by Crippen LogP contribution is 2.25. The number of hydrogen-bond donors (Lipinski definition) is 1. The summed E-state index contributed by atoms with van der Waals surface area (Å²) in [6.07, 6.45) is 2.47. The Hall–Kier alpha value is -0.0300. The molecule has 1 aliphatic rings. The highest BCUT2D eigenvalue weighted by atomic mass is 79.9. The van der Waals surface area contributed by atoms with Crippen molar-refractivity contribution in [3.63, 3.8) is 0 Å². The maximum absolute atomic E-state index is 3.76. The van der Waals surface area contributed by atoms with Gasteiger partial charge < -0.3 is 5.32 Å². The predicted molar refractivity (Wildman–Crippen MR) is 98.0 cm³/mol. The Morgan fingerprint density at radius 2 is 2.24 bits per heavy atom. The van der Waals surface area contributed by atoms with E-state index in [9.17, 15) is 0 Å². The molecule has 1 aromatic rings. The van der Waals surface area contributed by atoms with Gasteiger partial charge in [-0.05, 0) is 36.6 Å². The highest BCUT2D eigenvalue weighted by molar-refractivity contribution is 9.10. The van der Waals surface area contributed by atoms with Crippen LogP contribution in [0.1, 0.15) is 37.8 Å². The molecule has 1 heterocycles. The lowest BCUT2D eigenvalue weighted by molar-refractivity contribution is 0.272. The van der Waals surface area contributed by atoms with E-state index in [1.165, 1.54) is 47.3 Å². The lowest BCUT2D eigenvalue weighted by atomic mass is 10.1. The van der Waals surface area contributed by atoms with E-state index in [1.807, 2.05) is 0 Å². The zero-order chi connectivity index (χ0) is 15.1. The molecule has 0 radical (unpaired) electrons. The van der Waals surface area contributed by atoms with Crippen molar-refractivity contribution in [3.8, 4) is 0 Å². The third-order valence-corrected chi connectivity index (χ3v) is 6.06. The van der Waals surface area contributed by atoms with Crippen LogP contribution in [-0.2, 0) is 13.1 Å². The van der Waals surface area contributed by atoms with Gasteiger partial charge in [0.2, 0.25) is 0 Å². The summed E-state index contributed by atoms with van der Waals surface area (Å²) >= 11 is 5.89. The van der Waals surface area contributed by atoms with Crippen LogP contribution in [0.5, 0.6) is 0 Å². The number of benzene rings is 1. The van der Waals surface area contributed by atoms with Gasteiger partial charge in [0.05, 0.1) is 0 Å². The van der Waals surface area contributed by atoms with Gasteiger partial charge in [0, 0.05) is 41.7 Å². The molecule has 118 valence electrons. The van der Waals surface area contributed by atoms with Crippen molar-refractivity contribution >= 4 is 27.7 Å². The number of hydrogen-bond acceptors (Lipinski definition) is 3. The summed E-state index contributed by atoms with van der Waals surface area (Å²) in [5.74, 6) is 1.27. The topological polar surface area (TPSA) is 15.3 Å². The van der Waals surface area contributed by atoms with Gasteiger partial charge >= 0.3 is 0 Å². The summed E-state index contributed by atoms with van der Waals surface area (Å²) in [4.78, 5) is 2.60. The van der Waals surface area contributed by atoms with Crippen LogP contribution in [-0.4, -0.2) is 35.5 Å². The fourth-order valence-corrected chi connectivity index (χ4v) is 4.45. The Balaban J connectivity index is 1.91. The molecule has 1 unspecified atom stereocenters. The summed E-state index contributed by atoms with van der Waals surface area (Å²) in [6, 6.07) is 6.82. The molecule has 1 aliphatic heterocycles. The Morgan fingerprint density at radius 3 is 2.95 bits per heavy atom. The van der Waals surface area contributed by atoms with Crippen molar-refractivity contribution in [2.24, 2.45) is 0 Å². The van der Waals surface area contributed by atoms with Crippen molar-refractivity contribution in [1.82, 2.24) is 10.2 Å². The average Bonchev–Trinajstić information content (AvgIpc) is 2.50. The van der Waals surface area contributed by atoms with E-state index in [1.54, 1.807) is 0 Å². The van der Waals surface area contributed by atoms with Crippen molar-refractivity contribution < 1.29 is 0 Å². The van der Waals surface area contributed by atoms with Gasteiger partial charge in [0.25, 0.3) is 0 Å². The minimum absolute atomic E-state index is 0.815. The van der Waals surface area contributed by atoms with Crippen LogP contribution < -0.4 is 5.32 Å². The van der Waals surface area contributed by atoms with Crippen molar-refractivity contribution in [3.05, 3.63) is 33.8 Å². The molecule has 1 fully saturated rings. The Morgan fingerprint density at radius 1 is 1.38 bits per heavy atom. The van der Waals surface area contributed by atoms with E-state index in [2.05, 4.69) is 70.0 Å². The standard InChI is InChI=1S/C17H27BrN2S/c1-3-7-19-11-14-5-6-15(17(18)10-14)12-20-8-9-21-16(4-2)13-20/h5-6,10,16,19H,3-4,7-9,11-13H2,1-2H3. The average molecular weight is 371 g/mol. The second-order valence-corrected chi connectivity index (χ2v) is 8.00. The smallest absolute Gasteiger partial charge is 0.0245 e. The maximum atomic E-state index is 3.76. The summed E-state index contributed by atoms with van der Waals surface area (Å²) in [5, 5.41) is 4.27. The quantitative estimate of drug-likeness (QED) is 0.721. The van der Waals surface area contributed by atoms with Gasteiger partial charge in [-0.2, -0.15) is 11.8 Å². The third kappa shape index (κ3) is 5.59. The molecular formula is C17H27BrN2S. The van der Waals surface area contributed by atoms with Crippen molar-refractivity contribution in [2.75, 3.05) is 25.4 Å². The summed E-state index contributed by atoms with van der Waals surface area (Å²) in [6.45, 7) is 10.1. The van der Waals surface area contributed by atoms with Gasteiger partial charge in [0.1, 0.15) is 0 Å². The molecule has 2 rings (SSSR count). The summed E-state index contributed by atoms with van der Waals surface area (Å²) in [5.41, 5.74) is 2.77. The molecule has 1 saturated heterocycles. The number of thioether (sulfide) groups is 1. The first-order chi connectivity index (χ1) is 10.2. The second-order valence-electron chi connectivity index (χ2n) is 5.74. The first-order valence-corrected chi connectivity index (χ1v) is 9.89. The molecule has 0 amide bonds. The lowest BCUT2D eigenvalue weighted by Crippen LogP contribution is -2.37. The third-order valence-electron chi connectivity index (χ3n) is 3.95. The SMILES string of the molecule is CCCNCc1ccc(CN2CCSC(CC)C2)c(Br)c1. The number of halogens is 1. The second kappa shape index (κ2) is 9.19. The van der Waals surface area contributed by atoms with E-state index in [0.717, 1.165) is 24.9 Å². The van der Waals surface area contributed by atoms with Crippen molar-refractivity contribution in [2.45, 2.75) is 45.0 Å². The fraction of sp³-hybridized carbons (Fsp3) is 0.647. The van der Waals surface area contributed by atoms with Crippen molar-refractivity contribution in [1.29, 1.82) is 0 Å². The Bertz CT molecular complexity index is 439. The zero-order valence-electron chi connectivity index (χ0n) is 13.2. The summed E-state index contributed by atoms with van der Waals surface area (Å²) < 4.78 is 1.25. The minimum atomic E-state index is 0.815. The molecule has 0 aromatic heterocycles.